The minimum absolute atomic E-state index is 0.153. The summed E-state index contributed by atoms with van der Waals surface area (Å²) in [6, 6.07) is 7.37. The molecule has 0 radical (unpaired) electrons. The standard InChI is InChI=1S/C13H10ClN3OS2/c1-9(18)15-12-16-17-13(20-12)19-8-2-3-10-4-6-11(14)7-5-10/h4-7H,8H2,1H3,(H,15,16,18). The molecule has 0 aliphatic rings. The first-order chi connectivity index (χ1) is 9.63. The average Bonchev–Trinajstić information content (AvgIpc) is 2.83. The Labute approximate surface area is 129 Å². The largest absolute Gasteiger partial charge is 0.301 e. The second-order valence-corrected chi connectivity index (χ2v) is 6.29. The van der Waals surface area contributed by atoms with Gasteiger partial charge < -0.3 is 5.32 Å². The Bertz CT molecular complexity index is 658. The number of nitrogens with one attached hydrogen (secondary N) is 1. The van der Waals surface area contributed by atoms with Crippen LogP contribution in [0.2, 0.25) is 5.02 Å². The maximum absolute atomic E-state index is 10.9. The molecule has 1 N–H and O–H groups in total. The van der Waals surface area contributed by atoms with Gasteiger partial charge in [-0.15, -0.1) is 10.2 Å². The molecule has 2 aromatic rings. The minimum atomic E-state index is -0.153. The van der Waals surface area contributed by atoms with Crippen molar-refractivity contribution in [3.63, 3.8) is 0 Å². The molecule has 0 atom stereocenters. The number of anilines is 1. The van der Waals surface area contributed by atoms with E-state index in [0.29, 0.717) is 15.9 Å². The highest BCUT2D eigenvalue weighted by Gasteiger charge is 2.04. The average molecular weight is 324 g/mol. The molecule has 0 saturated heterocycles. The molecule has 20 heavy (non-hydrogen) atoms. The first-order valence-corrected chi connectivity index (χ1v) is 7.80. The summed E-state index contributed by atoms with van der Waals surface area (Å²) in [7, 11) is 0. The fraction of sp³-hybridized carbons (Fsp3) is 0.154. The molecule has 0 unspecified atom stereocenters. The number of amides is 1. The SMILES string of the molecule is CC(=O)Nc1nnc(SCC#Cc2ccc(Cl)cc2)s1. The molecule has 2 rings (SSSR count). The molecule has 0 aliphatic heterocycles. The predicted molar refractivity (Wildman–Crippen MR) is 83.3 cm³/mol. The summed E-state index contributed by atoms with van der Waals surface area (Å²) < 4.78 is 0.777. The Kier molecular flexibility index (Phi) is 5.41. The highest BCUT2D eigenvalue weighted by molar-refractivity contribution is 8.01. The second-order valence-electron chi connectivity index (χ2n) is 3.65. The third-order valence-corrected chi connectivity index (χ3v) is 4.14. The molecular weight excluding hydrogens is 314 g/mol. The van der Waals surface area contributed by atoms with Crippen molar-refractivity contribution in [2.45, 2.75) is 11.3 Å². The number of rotatable bonds is 3. The van der Waals surface area contributed by atoms with Gasteiger partial charge >= 0.3 is 0 Å². The lowest BCUT2D eigenvalue weighted by atomic mass is 10.2. The zero-order valence-electron chi connectivity index (χ0n) is 10.5. The molecule has 1 amide bonds. The van der Waals surface area contributed by atoms with Crippen LogP contribution in [0.1, 0.15) is 12.5 Å². The maximum atomic E-state index is 10.9. The van der Waals surface area contributed by atoms with Crippen LogP contribution in [0.15, 0.2) is 28.6 Å². The van der Waals surface area contributed by atoms with Gasteiger partial charge in [0.05, 0.1) is 5.75 Å². The molecule has 0 bridgehead atoms. The Morgan fingerprint density at radius 2 is 2.15 bits per heavy atom. The summed E-state index contributed by atoms with van der Waals surface area (Å²) in [5, 5.41) is 11.6. The van der Waals surface area contributed by atoms with Crippen molar-refractivity contribution in [1.29, 1.82) is 0 Å². The van der Waals surface area contributed by atoms with Gasteiger partial charge in [0.2, 0.25) is 11.0 Å². The van der Waals surface area contributed by atoms with Gasteiger partial charge in [-0.1, -0.05) is 46.5 Å². The summed E-state index contributed by atoms with van der Waals surface area (Å²) in [6.45, 7) is 1.44. The summed E-state index contributed by atoms with van der Waals surface area (Å²) in [5.41, 5.74) is 0.922. The second kappa shape index (κ2) is 7.29. The lowest BCUT2D eigenvalue weighted by Crippen LogP contribution is -2.04. The molecule has 0 spiro atoms. The van der Waals surface area contributed by atoms with E-state index < -0.39 is 0 Å². The zero-order chi connectivity index (χ0) is 14.4. The third kappa shape index (κ3) is 4.85. The Hall–Kier alpha value is -1.55. The summed E-state index contributed by atoms with van der Waals surface area (Å²) in [5.74, 6) is 6.54. The van der Waals surface area contributed by atoms with Crippen molar-refractivity contribution in [3.8, 4) is 11.8 Å². The molecule has 0 aliphatic carbocycles. The zero-order valence-corrected chi connectivity index (χ0v) is 12.9. The number of halogens is 1. The molecule has 4 nitrogen and oxygen atoms in total. The lowest BCUT2D eigenvalue weighted by molar-refractivity contribution is -0.114. The highest BCUT2D eigenvalue weighted by atomic mass is 35.5. The first kappa shape index (κ1) is 14.9. The quantitative estimate of drug-likeness (QED) is 0.535. The predicted octanol–water partition coefficient (Wildman–Crippen LogP) is 3.29. The highest BCUT2D eigenvalue weighted by Crippen LogP contribution is 2.24. The van der Waals surface area contributed by atoms with Crippen molar-refractivity contribution >= 4 is 45.7 Å². The monoisotopic (exact) mass is 323 g/mol. The van der Waals surface area contributed by atoms with E-state index in [0.717, 1.165) is 9.90 Å². The van der Waals surface area contributed by atoms with Crippen LogP contribution >= 0.6 is 34.7 Å². The molecule has 7 heteroatoms. The topological polar surface area (TPSA) is 54.9 Å². The molecule has 1 heterocycles. The first-order valence-electron chi connectivity index (χ1n) is 5.62. The van der Waals surface area contributed by atoms with Gasteiger partial charge in [0, 0.05) is 17.5 Å². The van der Waals surface area contributed by atoms with Gasteiger partial charge in [0.15, 0.2) is 4.34 Å². The van der Waals surface area contributed by atoms with E-state index in [-0.39, 0.29) is 5.91 Å². The van der Waals surface area contributed by atoms with Gasteiger partial charge in [0.25, 0.3) is 0 Å². The van der Waals surface area contributed by atoms with Crippen LogP contribution in [-0.2, 0) is 4.79 Å². The maximum Gasteiger partial charge on any atom is 0.223 e. The summed E-state index contributed by atoms with van der Waals surface area (Å²) in [6.07, 6.45) is 0. The van der Waals surface area contributed by atoms with Crippen molar-refractivity contribution in [2.24, 2.45) is 0 Å². The molecule has 1 aromatic heterocycles. The molecule has 0 saturated carbocycles. The van der Waals surface area contributed by atoms with Crippen LogP contribution in [0.5, 0.6) is 0 Å². The summed E-state index contributed by atoms with van der Waals surface area (Å²) >= 11 is 8.61. The smallest absolute Gasteiger partial charge is 0.223 e. The lowest BCUT2D eigenvalue weighted by Gasteiger charge is -1.91. The Morgan fingerprint density at radius 3 is 2.85 bits per heavy atom. The van der Waals surface area contributed by atoms with Crippen LogP contribution in [0.25, 0.3) is 0 Å². The molecule has 102 valence electrons. The van der Waals surface area contributed by atoms with E-state index in [1.807, 2.05) is 24.3 Å². The van der Waals surface area contributed by atoms with Crippen LogP contribution in [0, 0.1) is 11.8 Å². The van der Waals surface area contributed by atoms with Gasteiger partial charge in [0.1, 0.15) is 0 Å². The van der Waals surface area contributed by atoms with E-state index in [9.17, 15) is 4.79 Å². The van der Waals surface area contributed by atoms with Crippen molar-refractivity contribution in [2.75, 3.05) is 11.1 Å². The number of hydrogen-bond donors (Lipinski definition) is 1. The van der Waals surface area contributed by atoms with Gasteiger partial charge in [-0.25, -0.2) is 0 Å². The summed E-state index contributed by atoms with van der Waals surface area (Å²) in [4.78, 5) is 10.9. The van der Waals surface area contributed by atoms with E-state index >= 15 is 0 Å². The number of carbonyl (C=O) groups is 1. The number of benzene rings is 1. The molecule has 0 fully saturated rings. The molecule has 1 aromatic carbocycles. The van der Waals surface area contributed by atoms with E-state index in [1.165, 1.54) is 30.0 Å². The van der Waals surface area contributed by atoms with Crippen molar-refractivity contribution in [1.82, 2.24) is 10.2 Å². The number of nitrogens with zero attached hydrogens (tertiary/aromatic N) is 2. The van der Waals surface area contributed by atoms with Crippen LogP contribution < -0.4 is 5.32 Å². The molecular formula is C13H10ClN3OS2. The fourth-order valence-corrected chi connectivity index (χ4v) is 2.90. The number of carbonyl (C=O) groups excluding carboxylic acids is 1. The van der Waals surface area contributed by atoms with E-state index in [4.69, 9.17) is 11.6 Å². The Balaban J connectivity index is 1.85. The fourth-order valence-electron chi connectivity index (χ4n) is 1.24. The van der Waals surface area contributed by atoms with Crippen molar-refractivity contribution < 1.29 is 4.79 Å². The van der Waals surface area contributed by atoms with Crippen LogP contribution in [0.3, 0.4) is 0 Å². The van der Waals surface area contributed by atoms with Crippen LogP contribution in [-0.4, -0.2) is 21.9 Å². The van der Waals surface area contributed by atoms with Gasteiger partial charge in [-0.05, 0) is 24.3 Å². The Morgan fingerprint density at radius 1 is 1.40 bits per heavy atom. The minimum Gasteiger partial charge on any atom is -0.301 e. The van der Waals surface area contributed by atoms with Crippen LogP contribution in [0.4, 0.5) is 5.13 Å². The van der Waals surface area contributed by atoms with E-state index in [1.54, 1.807) is 0 Å². The van der Waals surface area contributed by atoms with Gasteiger partial charge in [-0.3, -0.25) is 4.79 Å². The number of hydrogen-bond acceptors (Lipinski definition) is 5. The van der Waals surface area contributed by atoms with Gasteiger partial charge in [-0.2, -0.15) is 0 Å². The van der Waals surface area contributed by atoms with Crippen molar-refractivity contribution in [3.05, 3.63) is 34.9 Å². The third-order valence-electron chi connectivity index (χ3n) is 2.03. The normalized spacial score (nSPS) is 9.70. The van der Waals surface area contributed by atoms with E-state index in [2.05, 4.69) is 27.4 Å². The number of thioether (sulfide) groups is 1. The number of aromatic nitrogens is 2.